The standard InChI is InChI=1S/C13H22N6O5S/c1-18(25(3,21)22)9-11(20)14-8-10-15-12(17-13(16-10)23-2)19-4-6-24-7-5-19/h4-9H2,1-3H3,(H,14,20). The zero-order valence-corrected chi connectivity index (χ0v) is 15.2. The minimum atomic E-state index is -3.42. The number of carbonyl (C=O) groups excluding carboxylic acids is 1. The average Bonchev–Trinajstić information content (AvgIpc) is 2.59. The fourth-order valence-electron chi connectivity index (χ4n) is 2.01. The Morgan fingerprint density at radius 2 is 2.00 bits per heavy atom. The molecule has 0 aliphatic carbocycles. The number of morpholine rings is 1. The van der Waals surface area contributed by atoms with Crippen molar-refractivity contribution in [2.45, 2.75) is 6.54 Å². The van der Waals surface area contributed by atoms with Gasteiger partial charge in [0.2, 0.25) is 21.9 Å². The predicted molar refractivity (Wildman–Crippen MR) is 88.7 cm³/mol. The van der Waals surface area contributed by atoms with Crippen molar-refractivity contribution in [3.05, 3.63) is 5.82 Å². The van der Waals surface area contributed by atoms with Gasteiger partial charge in [-0.2, -0.15) is 19.3 Å². The van der Waals surface area contributed by atoms with Gasteiger partial charge in [0.25, 0.3) is 0 Å². The van der Waals surface area contributed by atoms with Crippen LogP contribution in [0.5, 0.6) is 6.01 Å². The van der Waals surface area contributed by atoms with E-state index in [-0.39, 0.29) is 19.1 Å². The van der Waals surface area contributed by atoms with E-state index in [1.165, 1.54) is 14.2 Å². The molecule has 1 aromatic rings. The molecule has 12 heteroatoms. The number of aromatic nitrogens is 3. The zero-order chi connectivity index (χ0) is 18.4. The quantitative estimate of drug-likeness (QED) is 0.589. The van der Waals surface area contributed by atoms with Crippen LogP contribution in [0.3, 0.4) is 0 Å². The van der Waals surface area contributed by atoms with Crippen LogP contribution in [0.25, 0.3) is 0 Å². The maximum Gasteiger partial charge on any atom is 0.321 e. The van der Waals surface area contributed by atoms with Crippen LogP contribution in [0, 0.1) is 0 Å². The average molecular weight is 374 g/mol. The van der Waals surface area contributed by atoms with E-state index in [1.807, 2.05) is 4.90 Å². The summed E-state index contributed by atoms with van der Waals surface area (Å²) >= 11 is 0. The van der Waals surface area contributed by atoms with Gasteiger partial charge in [-0.05, 0) is 0 Å². The van der Waals surface area contributed by atoms with Crippen LogP contribution in [0.2, 0.25) is 0 Å². The number of likely N-dealkylation sites (N-methyl/N-ethyl adjacent to an activating group) is 1. The molecule has 0 atom stereocenters. The summed E-state index contributed by atoms with van der Waals surface area (Å²) in [6.07, 6.45) is 1.03. The van der Waals surface area contributed by atoms with Gasteiger partial charge in [-0.15, -0.1) is 0 Å². The van der Waals surface area contributed by atoms with E-state index in [4.69, 9.17) is 9.47 Å². The number of anilines is 1. The molecule has 0 saturated carbocycles. The Balaban J connectivity index is 2.02. The first-order chi connectivity index (χ1) is 11.8. The lowest BCUT2D eigenvalue weighted by Crippen LogP contribution is -2.39. The zero-order valence-electron chi connectivity index (χ0n) is 14.4. The highest BCUT2D eigenvalue weighted by Crippen LogP contribution is 2.13. The summed E-state index contributed by atoms with van der Waals surface area (Å²) in [5.74, 6) is 0.316. The predicted octanol–water partition coefficient (Wildman–Crippen LogP) is -1.78. The number of hydrogen-bond donors (Lipinski definition) is 1. The summed E-state index contributed by atoms with van der Waals surface area (Å²) in [5.41, 5.74) is 0. The molecule has 1 amide bonds. The van der Waals surface area contributed by atoms with Crippen molar-refractivity contribution in [2.75, 3.05) is 58.2 Å². The molecule has 0 aromatic carbocycles. The van der Waals surface area contributed by atoms with Crippen LogP contribution < -0.4 is 15.0 Å². The second kappa shape index (κ2) is 8.36. The van der Waals surface area contributed by atoms with Crippen molar-refractivity contribution in [3.8, 4) is 6.01 Å². The lowest BCUT2D eigenvalue weighted by molar-refractivity contribution is -0.121. The van der Waals surface area contributed by atoms with Crippen LogP contribution in [0.1, 0.15) is 5.82 Å². The van der Waals surface area contributed by atoms with E-state index >= 15 is 0 Å². The van der Waals surface area contributed by atoms with Gasteiger partial charge in [0.05, 0.1) is 39.7 Å². The Bertz CT molecular complexity index is 707. The molecule has 1 fully saturated rings. The minimum Gasteiger partial charge on any atom is -0.467 e. The van der Waals surface area contributed by atoms with Crippen molar-refractivity contribution in [1.82, 2.24) is 24.6 Å². The molecule has 2 heterocycles. The first-order valence-corrected chi connectivity index (χ1v) is 9.44. The molecule has 1 aromatic heterocycles. The molecule has 25 heavy (non-hydrogen) atoms. The van der Waals surface area contributed by atoms with Crippen molar-refractivity contribution >= 4 is 21.9 Å². The van der Waals surface area contributed by atoms with E-state index in [2.05, 4.69) is 20.3 Å². The second-order valence-electron chi connectivity index (χ2n) is 5.43. The molecule has 11 nitrogen and oxygen atoms in total. The Morgan fingerprint density at radius 1 is 1.32 bits per heavy atom. The summed E-state index contributed by atoms with van der Waals surface area (Å²) in [6.45, 7) is 2.22. The summed E-state index contributed by atoms with van der Waals surface area (Å²) in [5, 5.41) is 2.59. The van der Waals surface area contributed by atoms with Crippen LogP contribution in [0.4, 0.5) is 5.95 Å². The molecule has 0 spiro atoms. The molecule has 1 aliphatic rings. The molecular weight excluding hydrogens is 352 g/mol. The number of sulfonamides is 1. The first kappa shape index (κ1) is 19.3. The molecule has 0 unspecified atom stereocenters. The smallest absolute Gasteiger partial charge is 0.321 e. The van der Waals surface area contributed by atoms with Gasteiger partial charge in [0.15, 0.2) is 5.82 Å². The third-order valence-electron chi connectivity index (χ3n) is 3.50. The molecule has 1 saturated heterocycles. The topological polar surface area (TPSA) is 127 Å². The SMILES string of the molecule is COc1nc(CNC(=O)CN(C)S(C)(=O)=O)nc(N2CCOCC2)n1. The number of nitrogens with one attached hydrogen (secondary N) is 1. The van der Waals surface area contributed by atoms with Crippen molar-refractivity contribution in [1.29, 1.82) is 0 Å². The minimum absolute atomic E-state index is 0.0344. The van der Waals surface area contributed by atoms with Crippen LogP contribution >= 0.6 is 0 Å². The number of methoxy groups -OCH3 is 1. The van der Waals surface area contributed by atoms with Crippen LogP contribution in [-0.2, 0) is 26.1 Å². The molecular formula is C13H22N6O5S. The number of carbonyl (C=O) groups is 1. The van der Waals surface area contributed by atoms with Gasteiger partial charge in [0, 0.05) is 20.1 Å². The normalized spacial score (nSPS) is 15.3. The Hall–Kier alpha value is -2.05. The summed E-state index contributed by atoms with van der Waals surface area (Å²) in [7, 11) is -0.643. The first-order valence-electron chi connectivity index (χ1n) is 7.59. The monoisotopic (exact) mass is 374 g/mol. The summed E-state index contributed by atoms with van der Waals surface area (Å²) in [4.78, 5) is 26.4. The fourth-order valence-corrected chi connectivity index (χ4v) is 2.37. The highest BCUT2D eigenvalue weighted by molar-refractivity contribution is 7.88. The molecule has 1 aliphatic heterocycles. The Labute approximate surface area is 146 Å². The van der Waals surface area contributed by atoms with Crippen molar-refractivity contribution in [3.63, 3.8) is 0 Å². The third kappa shape index (κ3) is 5.76. The maximum atomic E-state index is 11.9. The third-order valence-corrected chi connectivity index (χ3v) is 4.76. The van der Waals surface area contributed by atoms with Gasteiger partial charge in [-0.25, -0.2) is 8.42 Å². The van der Waals surface area contributed by atoms with Gasteiger partial charge >= 0.3 is 6.01 Å². The van der Waals surface area contributed by atoms with E-state index < -0.39 is 15.9 Å². The molecule has 0 radical (unpaired) electrons. The van der Waals surface area contributed by atoms with Gasteiger partial charge < -0.3 is 19.7 Å². The number of ether oxygens (including phenoxy) is 2. The molecule has 140 valence electrons. The largest absolute Gasteiger partial charge is 0.467 e. The summed E-state index contributed by atoms with van der Waals surface area (Å²) < 4.78 is 34.0. The number of hydrogen-bond acceptors (Lipinski definition) is 9. The van der Waals surface area contributed by atoms with E-state index in [1.54, 1.807) is 0 Å². The highest BCUT2D eigenvalue weighted by Gasteiger charge is 2.18. The van der Waals surface area contributed by atoms with Crippen molar-refractivity contribution in [2.24, 2.45) is 0 Å². The lowest BCUT2D eigenvalue weighted by atomic mass is 10.4. The Morgan fingerprint density at radius 3 is 2.60 bits per heavy atom. The molecule has 1 N–H and O–H groups in total. The van der Waals surface area contributed by atoms with Crippen LogP contribution in [-0.4, -0.2) is 86.8 Å². The highest BCUT2D eigenvalue weighted by atomic mass is 32.2. The van der Waals surface area contributed by atoms with Crippen molar-refractivity contribution < 1.29 is 22.7 Å². The van der Waals surface area contributed by atoms with Gasteiger partial charge in [-0.3, -0.25) is 4.79 Å². The lowest BCUT2D eigenvalue weighted by Gasteiger charge is -2.26. The van der Waals surface area contributed by atoms with Gasteiger partial charge in [-0.1, -0.05) is 0 Å². The molecule has 2 rings (SSSR count). The molecule has 0 bridgehead atoms. The number of amides is 1. The van der Waals surface area contributed by atoms with Crippen LogP contribution in [0.15, 0.2) is 0 Å². The van der Waals surface area contributed by atoms with E-state index in [0.717, 1.165) is 10.6 Å². The summed E-state index contributed by atoms with van der Waals surface area (Å²) in [6, 6.07) is 0.147. The Kier molecular flexibility index (Phi) is 6.45. The number of nitrogens with zero attached hydrogens (tertiary/aromatic N) is 5. The van der Waals surface area contributed by atoms with E-state index in [0.29, 0.717) is 38.1 Å². The van der Waals surface area contributed by atoms with E-state index in [9.17, 15) is 13.2 Å². The number of rotatable bonds is 7. The van der Waals surface area contributed by atoms with Gasteiger partial charge in [0.1, 0.15) is 0 Å². The fraction of sp³-hybridized carbons (Fsp3) is 0.692. The second-order valence-corrected chi connectivity index (χ2v) is 7.52. The maximum absolute atomic E-state index is 11.9.